The molecule has 0 atom stereocenters. The largest absolute Gasteiger partial charge is 0.505 e. The van der Waals surface area contributed by atoms with E-state index in [0.29, 0.717) is 27.8 Å². The van der Waals surface area contributed by atoms with E-state index < -0.39 is 36.6 Å². The predicted octanol–water partition coefficient (Wildman–Crippen LogP) is 7.92. The minimum atomic E-state index is -4.79. The highest BCUT2D eigenvalue weighted by molar-refractivity contribution is 7.86. The fourth-order valence-corrected chi connectivity index (χ4v) is 5.22. The smallest absolute Gasteiger partial charge is 0.296 e. The molecule has 0 unspecified atom stereocenters. The molecular weight excluding hydrogens is 594 g/mol. The van der Waals surface area contributed by atoms with Crippen molar-refractivity contribution < 1.29 is 31.0 Å². The van der Waals surface area contributed by atoms with Crippen LogP contribution in [0.2, 0.25) is 0 Å². The third kappa shape index (κ3) is 6.90. The average molecular weight is 618 g/mol. The molecule has 0 amide bonds. The molecule has 0 saturated heterocycles. The first-order valence-electron chi connectivity index (χ1n) is 12.5. The van der Waals surface area contributed by atoms with Crippen LogP contribution in [0.5, 0.6) is 5.75 Å². The van der Waals surface area contributed by atoms with Gasteiger partial charge in [-0.2, -0.15) is 32.2 Å². The van der Waals surface area contributed by atoms with E-state index in [1.165, 1.54) is 42.5 Å². The number of azo groups is 2. The number of nitrogens with one attached hydrogen (secondary N) is 1. The second-order valence-corrected chi connectivity index (χ2v) is 12.1. The third-order valence-corrected chi connectivity index (χ3v) is 8.02. The van der Waals surface area contributed by atoms with Crippen LogP contribution in [-0.4, -0.2) is 31.0 Å². The van der Waals surface area contributed by atoms with Crippen molar-refractivity contribution in [1.82, 2.24) is 0 Å². The molecular formula is C29H23N5O7S2. The summed E-state index contributed by atoms with van der Waals surface area (Å²) in [6, 6.07) is 25.1. The van der Waals surface area contributed by atoms with Gasteiger partial charge in [0.05, 0.1) is 22.0 Å². The summed E-state index contributed by atoms with van der Waals surface area (Å²) in [5.41, 5.74) is 3.13. The lowest BCUT2D eigenvalue weighted by Gasteiger charge is -2.12. The van der Waals surface area contributed by atoms with Crippen LogP contribution >= 0.6 is 0 Å². The normalized spacial score (nSPS) is 12.3. The number of phenols is 1. The average Bonchev–Trinajstić information content (AvgIpc) is 2.96. The van der Waals surface area contributed by atoms with Gasteiger partial charge in [-0.25, -0.2) is 0 Å². The van der Waals surface area contributed by atoms with E-state index in [1.54, 1.807) is 30.3 Å². The number of rotatable bonds is 8. The Morgan fingerprint density at radius 3 is 1.77 bits per heavy atom. The van der Waals surface area contributed by atoms with Gasteiger partial charge in [0.15, 0.2) is 5.75 Å². The number of hydrogen-bond acceptors (Lipinski definition) is 10. The van der Waals surface area contributed by atoms with Gasteiger partial charge >= 0.3 is 0 Å². The summed E-state index contributed by atoms with van der Waals surface area (Å²) in [5, 5.41) is 30.9. The van der Waals surface area contributed by atoms with Gasteiger partial charge in [0.25, 0.3) is 20.2 Å². The number of anilines is 2. The van der Waals surface area contributed by atoms with Crippen molar-refractivity contribution in [3.05, 3.63) is 103 Å². The minimum absolute atomic E-state index is 0.268. The van der Waals surface area contributed by atoms with Gasteiger partial charge in [-0.15, -0.1) is 5.11 Å². The van der Waals surface area contributed by atoms with Crippen LogP contribution in [0.3, 0.4) is 0 Å². The van der Waals surface area contributed by atoms with Crippen LogP contribution in [0.1, 0.15) is 5.56 Å². The Balaban J connectivity index is 1.40. The zero-order valence-corrected chi connectivity index (χ0v) is 24.0. The van der Waals surface area contributed by atoms with Crippen LogP contribution in [-0.2, 0) is 20.2 Å². The quantitative estimate of drug-likeness (QED) is 0.0996. The van der Waals surface area contributed by atoms with Gasteiger partial charge < -0.3 is 10.4 Å². The van der Waals surface area contributed by atoms with E-state index in [4.69, 9.17) is 4.55 Å². The Hall–Kier alpha value is -5.02. The summed E-state index contributed by atoms with van der Waals surface area (Å²) < 4.78 is 65.8. The molecule has 0 bridgehead atoms. The summed E-state index contributed by atoms with van der Waals surface area (Å²) in [5.74, 6) is -0.471. The number of nitrogens with zero attached hydrogens (tertiary/aromatic N) is 4. The van der Waals surface area contributed by atoms with Gasteiger partial charge in [0, 0.05) is 16.8 Å². The fourth-order valence-electron chi connectivity index (χ4n) is 4.09. The molecule has 0 aliphatic carbocycles. The molecule has 0 spiro atoms. The maximum atomic E-state index is 12.2. The first-order chi connectivity index (χ1) is 20.4. The first kappa shape index (κ1) is 29.5. The van der Waals surface area contributed by atoms with Gasteiger partial charge in [-0.3, -0.25) is 9.11 Å². The summed E-state index contributed by atoms with van der Waals surface area (Å²) in [4.78, 5) is -0.879. The Morgan fingerprint density at radius 1 is 0.651 bits per heavy atom. The van der Waals surface area contributed by atoms with E-state index in [0.717, 1.165) is 11.3 Å². The topological polar surface area (TPSA) is 190 Å². The summed E-state index contributed by atoms with van der Waals surface area (Å²) >= 11 is 0. The van der Waals surface area contributed by atoms with E-state index >= 15 is 0 Å². The Morgan fingerprint density at radius 2 is 1.21 bits per heavy atom. The molecule has 14 heteroatoms. The molecule has 5 aromatic rings. The second kappa shape index (κ2) is 11.7. The first-order valence-corrected chi connectivity index (χ1v) is 15.4. The van der Waals surface area contributed by atoms with E-state index in [9.17, 15) is 26.5 Å². The maximum absolute atomic E-state index is 12.2. The molecule has 218 valence electrons. The molecule has 0 aliphatic rings. The highest BCUT2D eigenvalue weighted by Gasteiger charge is 2.22. The van der Waals surface area contributed by atoms with Crippen LogP contribution in [0.15, 0.2) is 127 Å². The molecule has 0 heterocycles. The van der Waals surface area contributed by atoms with Crippen LogP contribution in [0, 0.1) is 6.92 Å². The van der Waals surface area contributed by atoms with E-state index in [2.05, 4.69) is 25.8 Å². The molecule has 0 aromatic heterocycles. The molecule has 43 heavy (non-hydrogen) atoms. The molecule has 0 saturated carbocycles. The van der Waals surface area contributed by atoms with Gasteiger partial charge in [-0.05, 0) is 96.7 Å². The zero-order valence-electron chi connectivity index (χ0n) is 22.3. The summed E-state index contributed by atoms with van der Waals surface area (Å²) in [6.07, 6.45) is 0. The number of hydrogen-bond donors (Lipinski definition) is 4. The molecule has 0 aliphatic heterocycles. The number of aryl methyl sites for hydroxylation is 1. The van der Waals surface area contributed by atoms with Gasteiger partial charge in [0.2, 0.25) is 0 Å². The van der Waals surface area contributed by atoms with Crippen LogP contribution < -0.4 is 5.32 Å². The number of phenolic OH excluding ortho intramolecular Hbond substituents is 1. The molecule has 4 N–H and O–H groups in total. The lowest BCUT2D eigenvalue weighted by molar-refractivity contribution is 0.472. The lowest BCUT2D eigenvalue weighted by atomic mass is 10.1. The predicted molar refractivity (Wildman–Crippen MR) is 161 cm³/mol. The van der Waals surface area contributed by atoms with Crippen molar-refractivity contribution in [3.63, 3.8) is 0 Å². The zero-order chi connectivity index (χ0) is 30.8. The molecule has 5 rings (SSSR count). The highest BCUT2D eigenvalue weighted by atomic mass is 32.2. The SMILES string of the molecule is Cc1ccccc1Nc1ccc2c(O)c(/N=N\c3ccc(/N=N\c4ccc(S(=O)(=O)O)cc4)cc3)c(S(=O)(=O)O)cc2c1. The Bertz CT molecular complexity index is 2110. The monoisotopic (exact) mass is 617 g/mol. The third-order valence-electron chi connectivity index (χ3n) is 6.28. The number of para-hydroxylation sites is 1. The van der Waals surface area contributed by atoms with Crippen molar-refractivity contribution in [2.75, 3.05) is 5.32 Å². The lowest BCUT2D eigenvalue weighted by Crippen LogP contribution is -1.99. The molecule has 0 radical (unpaired) electrons. The highest BCUT2D eigenvalue weighted by Crippen LogP contribution is 2.42. The van der Waals surface area contributed by atoms with Crippen LogP contribution in [0.25, 0.3) is 10.8 Å². The summed E-state index contributed by atoms with van der Waals surface area (Å²) in [6.45, 7) is 1.94. The molecule has 12 nitrogen and oxygen atoms in total. The van der Waals surface area contributed by atoms with E-state index in [1.807, 2.05) is 31.2 Å². The van der Waals surface area contributed by atoms with Crippen molar-refractivity contribution in [2.24, 2.45) is 20.5 Å². The number of aromatic hydroxyl groups is 1. The standard InChI is InChI=1S/C29H23N5O7S2/c1-18-4-2-3-5-26(18)30-23-12-15-25-19(16-23)17-27(43(39,40)41)28(29(25)35)34-33-21-8-6-20(7-9-21)31-32-22-10-13-24(14-11-22)42(36,37)38/h2-17,30,35H,1H3,(H,36,37,38)(H,39,40,41)/b32-31-,34-33-. The van der Waals surface area contributed by atoms with Crippen molar-refractivity contribution in [3.8, 4) is 5.75 Å². The van der Waals surface area contributed by atoms with Gasteiger partial charge in [0.1, 0.15) is 10.6 Å². The fraction of sp³-hybridized carbons (Fsp3) is 0.0345. The minimum Gasteiger partial charge on any atom is -0.505 e. The van der Waals surface area contributed by atoms with Crippen LogP contribution in [0.4, 0.5) is 34.1 Å². The summed E-state index contributed by atoms with van der Waals surface area (Å²) in [7, 11) is -9.10. The number of benzene rings is 5. The molecule has 5 aromatic carbocycles. The maximum Gasteiger partial charge on any atom is 0.296 e. The number of fused-ring (bicyclic) bond motifs is 1. The Labute approximate surface area is 246 Å². The van der Waals surface area contributed by atoms with Crippen molar-refractivity contribution in [1.29, 1.82) is 0 Å². The van der Waals surface area contributed by atoms with E-state index in [-0.39, 0.29) is 10.6 Å². The Kier molecular flexibility index (Phi) is 8.02. The van der Waals surface area contributed by atoms with Crippen molar-refractivity contribution in [2.45, 2.75) is 16.7 Å². The van der Waals surface area contributed by atoms with Crippen molar-refractivity contribution >= 4 is 65.1 Å². The van der Waals surface area contributed by atoms with Gasteiger partial charge in [-0.1, -0.05) is 18.2 Å². The molecule has 0 fully saturated rings. The second-order valence-electron chi connectivity index (χ2n) is 9.31.